The lowest BCUT2D eigenvalue weighted by molar-refractivity contribution is -0.133. The molecule has 31 heavy (non-hydrogen) atoms. The molecule has 0 radical (unpaired) electrons. The normalized spacial score (nSPS) is 20.8. The SMILES string of the molecule is Cc1cc(C)n(CCN2CCN(C(=O)CC3CSc4nc5c(c(=O)n43)CCC5)CC2)n1. The number of aryl methyl sites for hydroxylation is 3. The highest BCUT2D eigenvalue weighted by molar-refractivity contribution is 7.99. The van der Waals surface area contributed by atoms with Gasteiger partial charge in [-0.05, 0) is 39.2 Å². The Bertz CT molecular complexity index is 1050. The summed E-state index contributed by atoms with van der Waals surface area (Å²) in [5.41, 5.74) is 4.19. The van der Waals surface area contributed by atoms with E-state index in [1.807, 2.05) is 11.8 Å². The number of carbonyl (C=O) groups is 1. The van der Waals surface area contributed by atoms with E-state index in [9.17, 15) is 9.59 Å². The van der Waals surface area contributed by atoms with E-state index in [-0.39, 0.29) is 17.5 Å². The molecular weight excluding hydrogens is 412 g/mol. The largest absolute Gasteiger partial charge is 0.340 e. The van der Waals surface area contributed by atoms with Crippen molar-refractivity contribution in [3.63, 3.8) is 0 Å². The zero-order chi connectivity index (χ0) is 21.5. The molecule has 2 aromatic heterocycles. The summed E-state index contributed by atoms with van der Waals surface area (Å²) in [6, 6.07) is 2.04. The van der Waals surface area contributed by atoms with Gasteiger partial charge in [-0.1, -0.05) is 11.8 Å². The molecule has 1 saturated heterocycles. The van der Waals surface area contributed by atoms with Gasteiger partial charge in [-0.3, -0.25) is 23.7 Å². The second-order valence-electron chi connectivity index (χ2n) is 8.89. The molecule has 0 aromatic carbocycles. The highest BCUT2D eigenvalue weighted by Crippen LogP contribution is 2.34. The Morgan fingerprint density at radius 1 is 1.16 bits per heavy atom. The summed E-state index contributed by atoms with van der Waals surface area (Å²) in [5.74, 6) is 0.920. The molecular formula is C22H30N6O2S. The molecule has 2 aliphatic heterocycles. The molecule has 1 atom stereocenters. The zero-order valence-corrected chi connectivity index (χ0v) is 19.2. The predicted molar refractivity (Wildman–Crippen MR) is 120 cm³/mol. The smallest absolute Gasteiger partial charge is 0.257 e. The molecule has 0 N–H and O–H groups in total. The van der Waals surface area contributed by atoms with Gasteiger partial charge in [0.05, 0.1) is 24.0 Å². The van der Waals surface area contributed by atoms with E-state index in [1.54, 1.807) is 16.3 Å². The van der Waals surface area contributed by atoms with Gasteiger partial charge < -0.3 is 4.90 Å². The fourth-order valence-corrected chi connectivity index (χ4v) is 6.15. The summed E-state index contributed by atoms with van der Waals surface area (Å²) < 4.78 is 3.86. The maximum Gasteiger partial charge on any atom is 0.257 e. The van der Waals surface area contributed by atoms with Crippen LogP contribution < -0.4 is 5.56 Å². The number of rotatable bonds is 5. The van der Waals surface area contributed by atoms with Gasteiger partial charge in [0.2, 0.25) is 5.91 Å². The number of nitrogens with zero attached hydrogens (tertiary/aromatic N) is 6. The Kier molecular flexibility index (Phi) is 5.64. The topological polar surface area (TPSA) is 76.3 Å². The van der Waals surface area contributed by atoms with E-state index in [1.165, 1.54) is 5.69 Å². The molecule has 4 heterocycles. The predicted octanol–water partition coefficient (Wildman–Crippen LogP) is 1.43. The maximum atomic E-state index is 13.0. The van der Waals surface area contributed by atoms with Crippen molar-refractivity contribution in [2.45, 2.75) is 57.3 Å². The van der Waals surface area contributed by atoms with Gasteiger partial charge in [0, 0.05) is 56.2 Å². The van der Waals surface area contributed by atoms with Crippen LogP contribution in [0.25, 0.3) is 0 Å². The van der Waals surface area contributed by atoms with Gasteiger partial charge in [-0.15, -0.1) is 0 Å². The summed E-state index contributed by atoms with van der Waals surface area (Å²) in [6.45, 7) is 9.21. The van der Waals surface area contributed by atoms with Crippen molar-refractivity contribution in [2.24, 2.45) is 0 Å². The average molecular weight is 443 g/mol. The van der Waals surface area contributed by atoms with Crippen LogP contribution in [-0.2, 0) is 24.2 Å². The second-order valence-corrected chi connectivity index (χ2v) is 9.88. The van der Waals surface area contributed by atoms with Crippen LogP contribution in [0.5, 0.6) is 0 Å². The van der Waals surface area contributed by atoms with Crippen LogP contribution >= 0.6 is 11.8 Å². The highest BCUT2D eigenvalue weighted by Gasteiger charge is 2.32. The Balaban J connectivity index is 1.16. The third-order valence-electron chi connectivity index (χ3n) is 6.74. The first-order valence-corrected chi connectivity index (χ1v) is 12.3. The fraction of sp³-hybridized carbons (Fsp3) is 0.636. The lowest BCUT2D eigenvalue weighted by Crippen LogP contribution is -2.49. The van der Waals surface area contributed by atoms with Crippen LogP contribution in [0, 0.1) is 13.8 Å². The Labute approximate surface area is 186 Å². The molecule has 9 heteroatoms. The standard InChI is InChI=1S/C22H30N6O2S/c1-15-12-16(2)27(24-15)11-8-25-6-9-26(10-7-25)20(29)13-17-14-31-22-23-19-5-3-4-18(19)21(30)28(17)22/h12,17H,3-11,13-14H2,1-2H3. The molecule has 8 nitrogen and oxygen atoms in total. The van der Waals surface area contributed by atoms with Crippen molar-refractivity contribution in [3.05, 3.63) is 39.1 Å². The zero-order valence-electron chi connectivity index (χ0n) is 18.3. The number of amides is 1. The Morgan fingerprint density at radius 3 is 2.71 bits per heavy atom. The summed E-state index contributed by atoms with van der Waals surface area (Å²) in [5, 5.41) is 5.34. The van der Waals surface area contributed by atoms with Crippen molar-refractivity contribution >= 4 is 17.7 Å². The monoisotopic (exact) mass is 442 g/mol. The Hall–Kier alpha value is -2.13. The van der Waals surface area contributed by atoms with Gasteiger partial charge in [-0.2, -0.15) is 5.10 Å². The van der Waals surface area contributed by atoms with E-state index in [0.717, 1.165) is 86.4 Å². The van der Waals surface area contributed by atoms with E-state index in [4.69, 9.17) is 4.98 Å². The Morgan fingerprint density at radius 2 is 1.97 bits per heavy atom. The summed E-state index contributed by atoms with van der Waals surface area (Å²) in [4.78, 5) is 35.0. The van der Waals surface area contributed by atoms with Gasteiger partial charge in [0.1, 0.15) is 0 Å². The first-order valence-electron chi connectivity index (χ1n) is 11.3. The van der Waals surface area contributed by atoms with E-state index < -0.39 is 0 Å². The molecule has 166 valence electrons. The molecule has 0 saturated carbocycles. The number of piperazine rings is 1. The molecule has 0 bridgehead atoms. The summed E-state index contributed by atoms with van der Waals surface area (Å²) in [7, 11) is 0. The second kappa shape index (κ2) is 8.43. The number of carbonyl (C=O) groups excluding carboxylic acids is 1. The third-order valence-corrected chi connectivity index (χ3v) is 7.84. The summed E-state index contributed by atoms with van der Waals surface area (Å²) >= 11 is 1.62. The number of aromatic nitrogens is 4. The van der Waals surface area contributed by atoms with Crippen molar-refractivity contribution in [1.82, 2.24) is 29.1 Å². The maximum absolute atomic E-state index is 13.0. The highest BCUT2D eigenvalue weighted by atomic mass is 32.2. The fourth-order valence-electron chi connectivity index (χ4n) is 4.99. The van der Waals surface area contributed by atoms with Gasteiger partial charge >= 0.3 is 0 Å². The van der Waals surface area contributed by atoms with E-state index >= 15 is 0 Å². The molecule has 5 rings (SSSR count). The van der Waals surface area contributed by atoms with Crippen LogP contribution in [0.2, 0.25) is 0 Å². The number of hydrogen-bond acceptors (Lipinski definition) is 6. The molecule has 1 fully saturated rings. The lowest BCUT2D eigenvalue weighted by atomic mass is 10.1. The van der Waals surface area contributed by atoms with Crippen LogP contribution in [0.1, 0.15) is 41.5 Å². The molecule has 2 aromatic rings. The first kappa shape index (κ1) is 20.8. The number of fused-ring (bicyclic) bond motifs is 2. The van der Waals surface area contributed by atoms with Crippen molar-refractivity contribution in [1.29, 1.82) is 0 Å². The molecule has 1 aliphatic carbocycles. The van der Waals surface area contributed by atoms with Crippen LogP contribution in [-0.4, -0.2) is 73.5 Å². The average Bonchev–Trinajstić information content (AvgIpc) is 3.46. The van der Waals surface area contributed by atoms with Crippen molar-refractivity contribution in [2.75, 3.05) is 38.5 Å². The van der Waals surface area contributed by atoms with Crippen molar-refractivity contribution in [3.8, 4) is 0 Å². The van der Waals surface area contributed by atoms with Gasteiger partial charge in [0.25, 0.3) is 5.56 Å². The minimum Gasteiger partial charge on any atom is -0.340 e. The minimum atomic E-state index is -0.0672. The number of hydrogen-bond donors (Lipinski definition) is 0. The quantitative estimate of drug-likeness (QED) is 0.652. The molecule has 1 unspecified atom stereocenters. The van der Waals surface area contributed by atoms with Gasteiger partial charge in [0.15, 0.2) is 5.16 Å². The number of thioether (sulfide) groups is 1. The summed E-state index contributed by atoms with van der Waals surface area (Å²) in [6.07, 6.45) is 3.14. The van der Waals surface area contributed by atoms with Crippen LogP contribution in [0.3, 0.4) is 0 Å². The molecule has 1 amide bonds. The molecule has 3 aliphatic rings. The first-order chi connectivity index (χ1) is 15.0. The van der Waals surface area contributed by atoms with E-state index in [0.29, 0.717) is 6.42 Å². The lowest BCUT2D eigenvalue weighted by Gasteiger charge is -2.35. The molecule has 0 spiro atoms. The van der Waals surface area contributed by atoms with Crippen molar-refractivity contribution < 1.29 is 4.79 Å². The van der Waals surface area contributed by atoms with Crippen LogP contribution in [0.4, 0.5) is 0 Å². The minimum absolute atomic E-state index is 0.0672. The van der Waals surface area contributed by atoms with E-state index in [2.05, 4.69) is 27.7 Å². The third kappa shape index (κ3) is 4.05. The van der Waals surface area contributed by atoms with Crippen LogP contribution in [0.15, 0.2) is 16.0 Å². The van der Waals surface area contributed by atoms with Gasteiger partial charge in [-0.25, -0.2) is 4.98 Å².